The fourth-order valence-corrected chi connectivity index (χ4v) is 1.78. The van der Waals surface area contributed by atoms with Crippen LogP contribution in [0.15, 0.2) is 25.3 Å². The van der Waals surface area contributed by atoms with Crippen molar-refractivity contribution in [2.24, 2.45) is 0 Å². The summed E-state index contributed by atoms with van der Waals surface area (Å²) in [6.45, 7) is 8.05. The van der Waals surface area contributed by atoms with Crippen LogP contribution in [0.3, 0.4) is 0 Å². The van der Waals surface area contributed by atoms with E-state index in [4.69, 9.17) is 11.6 Å². The van der Waals surface area contributed by atoms with Gasteiger partial charge < -0.3 is 4.90 Å². The summed E-state index contributed by atoms with van der Waals surface area (Å²) < 4.78 is 0.260. The third kappa shape index (κ3) is 3.14. The highest BCUT2D eigenvalue weighted by Gasteiger charge is 2.17. The van der Waals surface area contributed by atoms with Crippen LogP contribution in [0.5, 0.6) is 0 Å². The fraction of sp³-hybridized carbons (Fsp3) is 0.222. The maximum atomic E-state index is 11.8. The summed E-state index contributed by atoms with van der Waals surface area (Å²) in [7, 11) is 0. The maximum Gasteiger partial charge on any atom is 0.285 e. The molecule has 0 saturated carbocycles. The zero-order valence-corrected chi connectivity index (χ0v) is 9.59. The van der Waals surface area contributed by atoms with Gasteiger partial charge in [0.2, 0.25) is 9.47 Å². The van der Waals surface area contributed by atoms with Crippen molar-refractivity contribution in [2.45, 2.75) is 0 Å². The highest BCUT2D eigenvalue weighted by molar-refractivity contribution is 7.17. The third-order valence-electron chi connectivity index (χ3n) is 1.57. The van der Waals surface area contributed by atoms with Crippen LogP contribution in [0.4, 0.5) is 0 Å². The smallest absolute Gasteiger partial charge is 0.285 e. The molecule has 1 heterocycles. The molecule has 0 saturated heterocycles. The van der Waals surface area contributed by atoms with Crippen LogP contribution < -0.4 is 0 Å². The SMILES string of the molecule is C=CCN(CC=C)C(=O)c1nnc(Cl)s1. The second-order valence-electron chi connectivity index (χ2n) is 2.65. The van der Waals surface area contributed by atoms with Crippen molar-refractivity contribution in [1.29, 1.82) is 0 Å². The Labute approximate surface area is 96.9 Å². The second kappa shape index (κ2) is 5.63. The Morgan fingerprint density at radius 1 is 1.40 bits per heavy atom. The summed E-state index contributed by atoms with van der Waals surface area (Å²) >= 11 is 6.66. The lowest BCUT2D eigenvalue weighted by Gasteiger charge is -2.16. The molecule has 1 amide bonds. The quantitative estimate of drug-likeness (QED) is 0.744. The van der Waals surface area contributed by atoms with Gasteiger partial charge in [0.15, 0.2) is 0 Å². The van der Waals surface area contributed by atoms with Gasteiger partial charge in [0.05, 0.1) is 0 Å². The van der Waals surface area contributed by atoms with Crippen molar-refractivity contribution in [1.82, 2.24) is 15.1 Å². The predicted molar refractivity (Wildman–Crippen MR) is 61.2 cm³/mol. The number of amides is 1. The van der Waals surface area contributed by atoms with Crippen molar-refractivity contribution in [3.63, 3.8) is 0 Å². The highest BCUT2D eigenvalue weighted by atomic mass is 35.5. The zero-order valence-electron chi connectivity index (χ0n) is 8.02. The summed E-state index contributed by atoms with van der Waals surface area (Å²) in [5.74, 6) is -0.209. The molecule has 0 bridgehead atoms. The van der Waals surface area contributed by atoms with E-state index in [0.29, 0.717) is 13.1 Å². The van der Waals surface area contributed by atoms with Gasteiger partial charge in [-0.25, -0.2) is 0 Å². The van der Waals surface area contributed by atoms with Crippen molar-refractivity contribution in [3.8, 4) is 0 Å². The number of carbonyl (C=O) groups is 1. The summed E-state index contributed by atoms with van der Waals surface area (Å²) in [6.07, 6.45) is 3.29. The van der Waals surface area contributed by atoms with Gasteiger partial charge in [0, 0.05) is 13.1 Å². The molecular weight excluding hydrogens is 234 g/mol. The van der Waals surface area contributed by atoms with E-state index in [1.807, 2.05) is 0 Å². The van der Waals surface area contributed by atoms with Crippen molar-refractivity contribution < 1.29 is 4.79 Å². The van der Waals surface area contributed by atoms with Crippen LogP contribution in [-0.2, 0) is 0 Å². The van der Waals surface area contributed by atoms with Crippen LogP contribution in [0.1, 0.15) is 9.80 Å². The van der Waals surface area contributed by atoms with Gasteiger partial charge >= 0.3 is 0 Å². The molecule has 1 aromatic heterocycles. The molecule has 15 heavy (non-hydrogen) atoms. The number of hydrogen-bond acceptors (Lipinski definition) is 4. The fourth-order valence-electron chi connectivity index (χ4n) is 0.979. The van der Waals surface area contributed by atoms with Crippen LogP contribution in [0.25, 0.3) is 0 Å². The number of halogens is 1. The number of hydrogen-bond donors (Lipinski definition) is 0. The number of rotatable bonds is 5. The minimum absolute atomic E-state index is 0.209. The molecule has 4 nitrogen and oxygen atoms in total. The van der Waals surface area contributed by atoms with E-state index in [1.54, 1.807) is 17.1 Å². The average Bonchev–Trinajstić information content (AvgIpc) is 2.63. The maximum absolute atomic E-state index is 11.8. The van der Waals surface area contributed by atoms with Crippen LogP contribution >= 0.6 is 22.9 Å². The summed E-state index contributed by atoms with van der Waals surface area (Å²) in [5, 5.41) is 7.53. The number of nitrogens with zero attached hydrogens (tertiary/aromatic N) is 3. The standard InChI is InChI=1S/C9H10ClN3OS/c1-3-5-13(6-4-2)8(14)7-11-12-9(10)15-7/h3-4H,1-2,5-6H2. The second-order valence-corrected chi connectivity index (χ2v) is 4.21. The van der Waals surface area contributed by atoms with E-state index >= 15 is 0 Å². The van der Waals surface area contributed by atoms with E-state index in [2.05, 4.69) is 23.4 Å². The first-order valence-corrected chi connectivity index (χ1v) is 5.38. The molecule has 0 aromatic carbocycles. The first kappa shape index (κ1) is 11.9. The minimum atomic E-state index is -0.209. The lowest BCUT2D eigenvalue weighted by atomic mass is 10.4. The van der Waals surface area contributed by atoms with E-state index in [0.717, 1.165) is 11.3 Å². The Hall–Kier alpha value is -1.20. The molecule has 0 aliphatic carbocycles. The van der Waals surface area contributed by atoms with Gasteiger partial charge in [0.25, 0.3) is 5.91 Å². The van der Waals surface area contributed by atoms with E-state index in [9.17, 15) is 4.79 Å². The van der Waals surface area contributed by atoms with Gasteiger partial charge in [-0.2, -0.15) is 0 Å². The molecule has 6 heteroatoms. The molecule has 1 aromatic rings. The van der Waals surface area contributed by atoms with E-state index in [1.165, 1.54) is 0 Å². The number of carbonyl (C=O) groups excluding carboxylic acids is 1. The lowest BCUT2D eigenvalue weighted by molar-refractivity contribution is 0.0789. The molecule has 0 fully saturated rings. The van der Waals surface area contributed by atoms with Gasteiger partial charge in [-0.05, 0) is 11.6 Å². The molecule has 80 valence electrons. The van der Waals surface area contributed by atoms with Gasteiger partial charge in [0.1, 0.15) is 0 Å². The predicted octanol–water partition coefficient (Wildman–Crippen LogP) is 2.01. The van der Waals surface area contributed by atoms with Gasteiger partial charge in [-0.15, -0.1) is 23.4 Å². The number of aromatic nitrogens is 2. The molecule has 0 aliphatic heterocycles. The van der Waals surface area contributed by atoms with Crippen molar-refractivity contribution >= 4 is 28.8 Å². The Morgan fingerprint density at radius 3 is 2.40 bits per heavy atom. The molecule has 0 unspecified atom stereocenters. The first-order chi connectivity index (χ1) is 7.19. The largest absolute Gasteiger partial charge is 0.329 e. The molecule has 0 radical (unpaired) electrons. The summed E-state index contributed by atoms with van der Waals surface area (Å²) in [5.41, 5.74) is 0. The van der Waals surface area contributed by atoms with Crippen LogP contribution in [0.2, 0.25) is 4.47 Å². The van der Waals surface area contributed by atoms with Crippen LogP contribution in [-0.4, -0.2) is 34.1 Å². The van der Waals surface area contributed by atoms with Gasteiger partial charge in [-0.3, -0.25) is 4.79 Å². The molecule has 0 aliphatic rings. The Kier molecular flexibility index (Phi) is 4.45. The molecule has 1 rings (SSSR count). The average molecular weight is 244 g/mol. The highest BCUT2D eigenvalue weighted by Crippen LogP contribution is 2.16. The zero-order chi connectivity index (χ0) is 11.3. The third-order valence-corrected chi connectivity index (χ3v) is 2.58. The first-order valence-electron chi connectivity index (χ1n) is 4.19. The monoisotopic (exact) mass is 243 g/mol. The Morgan fingerprint density at radius 2 is 2.00 bits per heavy atom. The minimum Gasteiger partial charge on any atom is -0.329 e. The normalized spacial score (nSPS) is 9.67. The molecule has 0 N–H and O–H groups in total. The topological polar surface area (TPSA) is 46.1 Å². The van der Waals surface area contributed by atoms with Crippen molar-refractivity contribution in [3.05, 3.63) is 34.8 Å². The lowest BCUT2D eigenvalue weighted by Crippen LogP contribution is -2.31. The van der Waals surface area contributed by atoms with Crippen LogP contribution in [0, 0.1) is 0 Å². The Balaban J connectivity index is 2.79. The van der Waals surface area contributed by atoms with E-state index in [-0.39, 0.29) is 15.4 Å². The Bertz CT molecular complexity index is 367. The summed E-state index contributed by atoms with van der Waals surface area (Å²) in [4.78, 5) is 13.4. The van der Waals surface area contributed by atoms with Gasteiger partial charge in [-0.1, -0.05) is 23.5 Å². The summed E-state index contributed by atoms with van der Waals surface area (Å²) in [6, 6.07) is 0. The molecule has 0 atom stereocenters. The van der Waals surface area contributed by atoms with Crippen molar-refractivity contribution in [2.75, 3.05) is 13.1 Å². The molecule has 0 spiro atoms. The van der Waals surface area contributed by atoms with E-state index < -0.39 is 0 Å². The molecular formula is C9H10ClN3OS.